The van der Waals surface area contributed by atoms with Gasteiger partial charge in [0.25, 0.3) is 0 Å². The molecule has 1 aromatic rings. The number of rotatable bonds is 3. The van der Waals surface area contributed by atoms with Crippen LogP contribution in [-0.4, -0.2) is 21.8 Å². The van der Waals surface area contributed by atoms with Crippen molar-refractivity contribution >= 4 is 29.9 Å². The highest BCUT2D eigenvalue weighted by molar-refractivity contribution is 14.0. The molecule has 1 heterocycles. The van der Waals surface area contributed by atoms with Gasteiger partial charge in [-0.15, -0.1) is 24.0 Å². The highest BCUT2D eigenvalue weighted by atomic mass is 127. The zero-order valence-electron chi connectivity index (χ0n) is 12.4. The fourth-order valence-corrected chi connectivity index (χ4v) is 2.56. The highest BCUT2D eigenvalue weighted by Gasteiger charge is 2.36. The number of nitrogens with zero attached hydrogens (tertiary/aromatic N) is 3. The summed E-state index contributed by atoms with van der Waals surface area (Å²) < 4.78 is 39.5. The molecule has 0 aromatic carbocycles. The molecule has 126 valence electrons. The zero-order valence-corrected chi connectivity index (χ0v) is 14.7. The molecule has 1 fully saturated rings. The summed E-state index contributed by atoms with van der Waals surface area (Å²) in [6.07, 6.45) is 2.41. The van der Waals surface area contributed by atoms with Crippen molar-refractivity contribution in [2.75, 3.05) is 0 Å². The Morgan fingerprint density at radius 1 is 1.41 bits per heavy atom. The van der Waals surface area contributed by atoms with Gasteiger partial charge >= 0.3 is 6.18 Å². The van der Waals surface area contributed by atoms with Gasteiger partial charge in [0.05, 0.1) is 6.54 Å². The molecule has 0 bridgehead atoms. The Balaban J connectivity index is 0.00000242. The zero-order chi connectivity index (χ0) is 15.5. The number of aromatic nitrogens is 2. The van der Waals surface area contributed by atoms with Crippen LogP contribution in [0.4, 0.5) is 13.2 Å². The SMILES string of the molecule is Cn1cc(CN=C(N)NC2CCCCC2)c(C(F)(F)F)n1.I. The van der Waals surface area contributed by atoms with Crippen molar-refractivity contribution in [3.05, 3.63) is 17.5 Å². The Morgan fingerprint density at radius 3 is 2.64 bits per heavy atom. The van der Waals surface area contributed by atoms with Gasteiger partial charge in [0.2, 0.25) is 0 Å². The van der Waals surface area contributed by atoms with E-state index in [0.717, 1.165) is 30.4 Å². The van der Waals surface area contributed by atoms with Gasteiger partial charge in [0, 0.05) is 24.8 Å². The molecule has 1 aliphatic rings. The Kier molecular flexibility index (Phi) is 6.95. The first kappa shape index (κ1) is 19.0. The van der Waals surface area contributed by atoms with Gasteiger partial charge in [-0.2, -0.15) is 18.3 Å². The molecule has 0 spiro atoms. The van der Waals surface area contributed by atoms with Gasteiger partial charge in [-0.05, 0) is 12.8 Å². The summed E-state index contributed by atoms with van der Waals surface area (Å²) >= 11 is 0. The first-order valence-electron chi connectivity index (χ1n) is 7.02. The van der Waals surface area contributed by atoms with Crippen LogP contribution in [0.25, 0.3) is 0 Å². The van der Waals surface area contributed by atoms with Crippen LogP contribution >= 0.6 is 24.0 Å². The van der Waals surface area contributed by atoms with Crippen LogP contribution in [0.1, 0.15) is 43.4 Å². The molecular formula is C13H21F3IN5. The lowest BCUT2D eigenvalue weighted by Gasteiger charge is -2.23. The lowest BCUT2D eigenvalue weighted by Crippen LogP contribution is -2.41. The van der Waals surface area contributed by atoms with Crippen LogP contribution in [0.3, 0.4) is 0 Å². The van der Waals surface area contributed by atoms with Gasteiger partial charge in [0.1, 0.15) is 0 Å². The normalized spacial score (nSPS) is 17.2. The van der Waals surface area contributed by atoms with Crippen LogP contribution in [-0.2, 0) is 19.8 Å². The molecule has 0 radical (unpaired) electrons. The lowest BCUT2D eigenvalue weighted by molar-refractivity contribution is -0.142. The van der Waals surface area contributed by atoms with Crippen LogP contribution < -0.4 is 11.1 Å². The number of hydrogen-bond acceptors (Lipinski definition) is 2. The molecule has 0 amide bonds. The molecule has 22 heavy (non-hydrogen) atoms. The predicted molar refractivity (Wildman–Crippen MR) is 89.0 cm³/mol. The summed E-state index contributed by atoms with van der Waals surface area (Å²) in [5.41, 5.74) is 4.87. The Hall–Kier alpha value is -1.00. The molecule has 9 heteroatoms. The van der Waals surface area contributed by atoms with E-state index in [2.05, 4.69) is 15.4 Å². The summed E-state index contributed by atoms with van der Waals surface area (Å²) in [6, 6.07) is 0.276. The quantitative estimate of drug-likeness (QED) is 0.440. The number of aryl methyl sites for hydroxylation is 1. The highest BCUT2D eigenvalue weighted by Crippen LogP contribution is 2.30. The lowest BCUT2D eigenvalue weighted by atomic mass is 9.96. The maximum Gasteiger partial charge on any atom is 0.435 e. The smallest absolute Gasteiger partial charge is 0.370 e. The minimum absolute atomic E-state index is 0. The molecule has 1 aliphatic carbocycles. The third-order valence-electron chi connectivity index (χ3n) is 3.55. The van der Waals surface area contributed by atoms with Gasteiger partial charge in [0.15, 0.2) is 11.7 Å². The van der Waals surface area contributed by atoms with Crippen molar-refractivity contribution in [3.8, 4) is 0 Å². The topological polar surface area (TPSA) is 68.2 Å². The molecule has 5 nitrogen and oxygen atoms in total. The number of alkyl halides is 3. The van der Waals surface area contributed by atoms with Gasteiger partial charge in [-0.25, -0.2) is 4.99 Å². The maximum absolute atomic E-state index is 12.8. The molecular weight excluding hydrogens is 410 g/mol. The minimum Gasteiger partial charge on any atom is -0.370 e. The Labute approximate surface area is 144 Å². The van der Waals surface area contributed by atoms with Crippen molar-refractivity contribution < 1.29 is 13.2 Å². The summed E-state index contributed by atoms with van der Waals surface area (Å²) in [7, 11) is 1.45. The average molecular weight is 431 g/mol. The number of halogens is 4. The molecule has 3 N–H and O–H groups in total. The van der Waals surface area contributed by atoms with Crippen molar-refractivity contribution in [3.63, 3.8) is 0 Å². The standard InChI is InChI=1S/C13H20F3N5.HI/c1-21-8-9(11(20-21)13(14,15)16)7-18-12(17)19-10-5-3-2-4-6-10;/h8,10H,2-7H2,1H3,(H3,17,18,19);1H. The summed E-state index contributed by atoms with van der Waals surface area (Å²) in [4.78, 5) is 4.01. The summed E-state index contributed by atoms with van der Waals surface area (Å²) in [6.45, 7) is -0.131. The second-order valence-electron chi connectivity index (χ2n) is 5.36. The Bertz CT molecular complexity index is 506. The van der Waals surface area contributed by atoms with Crippen LogP contribution in [0, 0.1) is 0 Å². The fraction of sp³-hybridized carbons (Fsp3) is 0.692. The number of nitrogens with two attached hydrogens (primary N) is 1. The molecule has 0 aliphatic heterocycles. The summed E-state index contributed by atoms with van der Waals surface area (Å²) in [5, 5.41) is 6.51. The Morgan fingerprint density at radius 2 is 2.05 bits per heavy atom. The second-order valence-corrected chi connectivity index (χ2v) is 5.36. The van der Waals surface area contributed by atoms with E-state index in [1.165, 1.54) is 19.7 Å². The van der Waals surface area contributed by atoms with Crippen molar-refractivity contribution in [2.24, 2.45) is 17.8 Å². The molecule has 1 saturated carbocycles. The minimum atomic E-state index is -4.47. The molecule has 0 saturated heterocycles. The molecule has 0 atom stereocenters. The van der Waals surface area contributed by atoms with Gasteiger partial charge in [-0.1, -0.05) is 19.3 Å². The van der Waals surface area contributed by atoms with E-state index < -0.39 is 11.9 Å². The largest absolute Gasteiger partial charge is 0.435 e. The third kappa shape index (κ3) is 5.33. The molecule has 1 aromatic heterocycles. The molecule has 2 rings (SSSR count). The first-order chi connectivity index (χ1) is 9.86. The van der Waals surface area contributed by atoms with E-state index in [1.807, 2.05) is 0 Å². The van der Waals surface area contributed by atoms with Gasteiger partial charge in [-0.3, -0.25) is 4.68 Å². The van der Waals surface area contributed by atoms with E-state index in [1.54, 1.807) is 0 Å². The predicted octanol–water partition coefficient (Wildman–Crippen LogP) is 2.79. The van der Waals surface area contributed by atoms with E-state index in [4.69, 9.17) is 5.73 Å². The maximum atomic E-state index is 12.8. The third-order valence-corrected chi connectivity index (χ3v) is 3.55. The first-order valence-corrected chi connectivity index (χ1v) is 7.02. The van der Waals surface area contributed by atoms with Crippen molar-refractivity contribution in [2.45, 2.75) is 50.9 Å². The van der Waals surface area contributed by atoms with E-state index in [-0.39, 0.29) is 48.1 Å². The van der Waals surface area contributed by atoms with Crippen LogP contribution in [0.2, 0.25) is 0 Å². The van der Waals surface area contributed by atoms with E-state index in [0.29, 0.717) is 0 Å². The van der Waals surface area contributed by atoms with Crippen molar-refractivity contribution in [1.29, 1.82) is 0 Å². The average Bonchev–Trinajstić information content (AvgIpc) is 2.79. The summed E-state index contributed by atoms with van der Waals surface area (Å²) in [5.74, 6) is 0.193. The monoisotopic (exact) mass is 431 g/mol. The number of hydrogen-bond donors (Lipinski definition) is 2. The van der Waals surface area contributed by atoms with Gasteiger partial charge < -0.3 is 11.1 Å². The fourth-order valence-electron chi connectivity index (χ4n) is 2.56. The van der Waals surface area contributed by atoms with Crippen LogP contribution in [0.5, 0.6) is 0 Å². The van der Waals surface area contributed by atoms with Crippen molar-refractivity contribution in [1.82, 2.24) is 15.1 Å². The number of guanidine groups is 1. The second kappa shape index (κ2) is 8.02. The number of nitrogens with one attached hydrogen (secondary N) is 1. The van der Waals surface area contributed by atoms with Crippen LogP contribution in [0.15, 0.2) is 11.2 Å². The van der Waals surface area contributed by atoms with E-state index >= 15 is 0 Å². The van der Waals surface area contributed by atoms with E-state index in [9.17, 15) is 13.2 Å². The molecule has 0 unspecified atom stereocenters. The number of aliphatic imine (C=N–C) groups is 1.